The van der Waals surface area contributed by atoms with Crippen LogP contribution in [0.2, 0.25) is 0 Å². The van der Waals surface area contributed by atoms with Gasteiger partial charge in [-0.2, -0.15) is 0 Å². The quantitative estimate of drug-likeness (QED) is 0.811. The van der Waals surface area contributed by atoms with Crippen molar-refractivity contribution < 1.29 is 19.0 Å². The topological polar surface area (TPSA) is 56.8 Å². The van der Waals surface area contributed by atoms with Crippen molar-refractivity contribution in [2.24, 2.45) is 5.92 Å². The van der Waals surface area contributed by atoms with Crippen LogP contribution in [0.25, 0.3) is 6.08 Å². The van der Waals surface area contributed by atoms with E-state index in [9.17, 15) is 4.79 Å². The van der Waals surface area contributed by atoms with Crippen molar-refractivity contribution >= 4 is 12.0 Å². The smallest absolute Gasteiger partial charge is 0.244 e. The number of methoxy groups -OCH3 is 3. The number of hydrogen-bond donors (Lipinski definition) is 1. The Labute approximate surface area is 144 Å². The van der Waals surface area contributed by atoms with Crippen LogP contribution in [0.3, 0.4) is 0 Å². The van der Waals surface area contributed by atoms with Crippen LogP contribution in [0.5, 0.6) is 17.2 Å². The minimum absolute atomic E-state index is 0.0664. The van der Waals surface area contributed by atoms with E-state index in [0.29, 0.717) is 23.3 Å². The summed E-state index contributed by atoms with van der Waals surface area (Å²) in [7, 11) is 4.71. The molecule has 132 valence electrons. The number of carbonyl (C=O) groups excluding carboxylic acids is 1. The fraction of sp³-hybridized carbons (Fsp3) is 0.526. The normalized spacial score (nSPS) is 20.7. The maximum Gasteiger partial charge on any atom is 0.244 e. The van der Waals surface area contributed by atoms with Crippen LogP contribution in [0, 0.1) is 5.92 Å². The minimum atomic E-state index is -0.0664. The zero-order chi connectivity index (χ0) is 17.5. The van der Waals surface area contributed by atoms with E-state index in [4.69, 9.17) is 14.2 Å². The average Bonchev–Trinajstić information content (AvgIpc) is 2.60. The van der Waals surface area contributed by atoms with Crippen LogP contribution in [-0.4, -0.2) is 33.3 Å². The van der Waals surface area contributed by atoms with Crippen LogP contribution in [0.4, 0.5) is 0 Å². The highest BCUT2D eigenvalue weighted by atomic mass is 16.5. The molecule has 1 amide bonds. The van der Waals surface area contributed by atoms with Gasteiger partial charge < -0.3 is 19.5 Å². The van der Waals surface area contributed by atoms with E-state index in [1.165, 1.54) is 12.8 Å². The fourth-order valence-electron chi connectivity index (χ4n) is 3.02. The van der Waals surface area contributed by atoms with Crippen LogP contribution in [0.1, 0.15) is 38.2 Å². The Balaban J connectivity index is 2.04. The average molecular weight is 333 g/mol. The molecule has 1 fully saturated rings. The Morgan fingerprint density at radius 1 is 1.04 bits per heavy atom. The van der Waals surface area contributed by atoms with Gasteiger partial charge in [-0.3, -0.25) is 4.79 Å². The van der Waals surface area contributed by atoms with Gasteiger partial charge in [0.15, 0.2) is 11.5 Å². The van der Waals surface area contributed by atoms with Gasteiger partial charge in [0.1, 0.15) is 0 Å². The Morgan fingerprint density at radius 2 is 1.62 bits per heavy atom. The van der Waals surface area contributed by atoms with Gasteiger partial charge in [0.25, 0.3) is 0 Å². The number of nitrogens with one attached hydrogen (secondary N) is 1. The molecule has 0 heterocycles. The summed E-state index contributed by atoms with van der Waals surface area (Å²) in [5.74, 6) is 2.38. The lowest BCUT2D eigenvalue weighted by atomic mass is 9.87. The molecular formula is C19H27NO4. The van der Waals surface area contributed by atoms with Gasteiger partial charge in [0, 0.05) is 12.1 Å². The summed E-state index contributed by atoms with van der Waals surface area (Å²) in [5.41, 5.74) is 0.817. The standard InChI is InChI=1S/C19H27NO4/c1-13-5-8-15(9-6-13)20-18(21)10-7-14-11-16(22-2)19(24-4)17(12-14)23-3/h7,10-13,15H,5-6,8-9H2,1-4H3,(H,20,21)/b10-7+. The van der Waals surface area contributed by atoms with Gasteiger partial charge in [0.2, 0.25) is 11.7 Å². The number of rotatable bonds is 6. The van der Waals surface area contributed by atoms with Crippen molar-refractivity contribution in [2.75, 3.05) is 21.3 Å². The van der Waals surface area contributed by atoms with E-state index in [0.717, 1.165) is 24.3 Å². The minimum Gasteiger partial charge on any atom is -0.493 e. The molecule has 0 unspecified atom stereocenters. The van der Waals surface area contributed by atoms with E-state index in [-0.39, 0.29) is 5.91 Å². The Hall–Kier alpha value is -2.17. The first-order valence-electron chi connectivity index (χ1n) is 8.36. The molecule has 0 spiro atoms. The molecule has 24 heavy (non-hydrogen) atoms. The van der Waals surface area contributed by atoms with Crippen molar-refractivity contribution in [1.29, 1.82) is 0 Å². The molecule has 0 aliphatic heterocycles. The third-order valence-corrected chi connectivity index (χ3v) is 4.48. The lowest BCUT2D eigenvalue weighted by molar-refractivity contribution is -0.117. The fourth-order valence-corrected chi connectivity index (χ4v) is 3.02. The second-order valence-electron chi connectivity index (χ2n) is 6.26. The molecule has 0 radical (unpaired) electrons. The first-order chi connectivity index (χ1) is 11.6. The highest BCUT2D eigenvalue weighted by Crippen LogP contribution is 2.38. The molecule has 1 aromatic carbocycles. The summed E-state index contributed by atoms with van der Waals surface area (Å²) in [6.07, 6.45) is 7.79. The highest BCUT2D eigenvalue weighted by Gasteiger charge is 2.19. The van der Waals surface area contributed by atoms with Crippen LogP contribution in [-0.2, 0) is 4.79 Å². The van der Waals surface area contributed by atoms with Crippen LogP contribution < -0.4 is 19.5 Å². The van der Waals surface area contributed by atoms with Crippen molar-refractivity contribution in [3.63, 3.8) is 0 Å². The van der Waals surface area contributed by atoms with Gasteiger partial charge in [-0.05, 0) is 55.4 Å². The van der Waals surface area contributed by atoms with E-state index in [2.05, 4.69) is 12.2 Å². The summed E-state index contributed by atoms with van der Waals surface area (Å²) in [6.45, 7) is 2.27. The second kappa shape index (κ2) is 8.62. The van der Waals surface area contributed by atoms with Crippen LogP contribution >= 0.6 is 0 Å². The van der Waals surface area contributed by atoms with Gasteiger partial charge in [0.05, 0.1) is 21.3 Å². The Kier molecular flexibility index (Phi) is 6.53. The lowest BCUT2D eigenvalue weighted by Gasteiger charge is -2.26. The molecule has 1 aliphatic rings. The van der Waals surface area contributed by atoms with Crippen molar-refractivity contribution in [3.05, 3.63) is 23.8 Å². The molecular weight excluding hydrogens is 306 g/mol. The highest BCUT2D eigenvalue weighted by molar-refractivity contribution is 5.92. The number of ether oxygens (including phenoxy) is 3. The Bertz CT molecular complexity index is 564. The molecule has 1 aromatic rings. The first kappa shape index (κ1) is 18.2. The third-order valence-electron chi connectivity index (χ3n) is 4.48. The number of carbonyl (C=O) groups is 1. The predicted octanol–water partition coefficient (Wildman–Crippen LogP) is 3.42. The SMILES string of the molecule is COc1cc(/C=C/C(=O)NC2CCC(C)CC2)cc(OC)c1OC. The summed E-state index contributed by atoms with van der Waals surface area (Å²) in [6, 6.07) is 3.92. The summed E-state index contributed by atoms with van der Waals surface area (Å²) in [4.78, 5) is 12.1. The summed E-state index contributed by atoms with van der Waals surface area (Å²) in [5, 5.41) is 3.08. The van der Waals surface area contributed by atoms with Crippen molar-refractivity contribution in [1.82, 2.24) is 5.32 Å². The number of benzene rings is 1. The van der Waals surface area contributed by atoms with Crippen molar-refractivity contribution in [2.45, 2.75) is 38.6 Å². The number of amides is 1. The molecule has 5 nitrogen and oxygen atoms in total. The molecule has 0 aromatic heterocycles. The molecule has 0 saturated heterocycles. The van der Waals surface area contributed by atoms with Gasteiger partial charge >= 0.3 is 0 Å². The third kappa shape index (κ3) is 4.66. The van der Waals surface area contributed by atoms with E-state index in [1.807, 2.05) is 12.1 Å². The maximum absolute atomic E-state index is 12.1. The predicted molar refractivity (Wildman–Crippen MR) is 94.7 cm³/mol. The first-order valence-corrected chi connectivity index (χ1v) is 8.36. The summed E-state index contributed by atoms with van der Waals surface area (Å²) >= 11 is 0. The van der Waals surface area contributed by atoms with Gasteiger partial charge in [-0.15, -0.1) is 0 Å². The molecule has 0 atom stereocenters. The zero-order valence-electron chi connectivity index (χ0n) is 14.9. The van der Waals surface area contributed by atoms with E-state index in [1.54, 1.807) is 33.5 Å². The molecule has 5 heteroatoms. The monoisotopic (exact) mass is 333 g/mol. The zero-order valence-corrected chi connectivity index (χ0v) is 14.9. The van der Waals surface area contributed by atoms with E-state index >= 15 is 0 Å². The molecule has 2 rings (SSSR count). The summed E-state index contributed by atoms with van der Waals surface area (Å²) < 4.78 is 15.9. The Morgan fingerprint density at radius 3 is 2.12 bits per heavy atom. The van der Waals surface area contributed by atoms with E-state index < -0.39 is 0 Å². The van der Waals surface area contributed by atoms with Gasteiger partial charge in [-0.25, -0.2) is 0 Å². The molecule has 1 aliphatic carbocycles. The van der Waals surface area contributed by atoms with Gasteiger partial charge in [-0.1, -0.05) is 6.92 Å². The number of hydrogen-bond acceptors (Lipinski definition) is 4. The molecule has 1 N–H and O–H groups in total. The maximum atomic E-state index is 12.1. The second-order valence-corrected chi connectivity index (χ2v) is 6.26. The molecule has 1 saturated carbocycles. The lowest BCUT2D eigenvalue weighted by Crippen LogP contribution is -2.36. The van der Waals surface area contributed by atoms with Crippen molar-refractivity contribution in [3.8, 4) is 17.2 Å². The largest absolute Gasteiger partial charge is 0.493 e. The molecule has 0 bridgehead atoms. The van der Waals surface area contributed by atoms with Crippen LogP contribution in [0.15, 0.2) is 18.2 Å².